The van der Waals surface area contributed by atoms with Crippen molar-refractivity contribution in [3.63, 3.8) is 0 Å². The van der Waals surface area contributed by atoms with Gasteiger partial charge in [-0.2, -0.15) is 0 Å². The number of aromatic nitrogens is 1. The van der Waals surface area contributed by atoms with E-state index in [1.807, 2.05) is 4.90 Å². The van der Waals surface area contributed by atoms with E-state index in [1.54, 1.807) is 18.3 Å². The van der Waals surface area contributed by atoms with Crippen LogP contribution in [0.5, 0.6) is 0 Å². The van der Waals surface area contributed by atoms with Gasteiger partial charge in [-0.3, -0.25) is 14.6 Å². The number of anilines is 1. The molecule has 1 atom stereocenters. The van der Waals surface area contributed by atoms with Crippen molar-refractivity contribution in [1.29, 1.82) is 0 Å². The fourth-order valence-corrected chi connectivity index (χ4v) is 2.66. The van der Waals surface area contributed by atoms with E-state index >= 15 is 0 Å². The molecule has 6 heteroatoms. The molecule has 1 aromatic heterocycles. The Balaban J connectivity index is 1.86. The third-order valence-corrected chi connectivity index (χ3v) is 3.82. The zero-order valence-electron chi connectivity index (χ0n) is 12.0. The lowest BCUT2D eigenvalue weighted by molar-refractivity contribution is -0.137. The Bertz CT molecular complexity index is 501. The van der Waals surface area contributed by atoms with Crippen molar-refractivity contribution in [2.75, 3.05) is 18.8 Å². The average Bonchev–Trinajstić information content (AvgIpc) is 2.48. The van der Waals surface area contributed by atoms with E-state index in [-0.39, 0.29) is 24.7 Å². The molecule has 0 spiro atoms. The summed E-state index contributed by atoms with van der Waals surface area (Å²) < 4.78 is 0. The van der Waals surface area contributed by atoms with Crippen molar-refractivity contribution in [1.82, 2.24) is 9.88 Å². The second-order valence-electron chi connectivity index (χ2n) is 5.54. The number of hydrogen-bond donors (Lipinski definition) is 2. The van der Waals surface area contributed by atoms with E-state index in [4.69, 9.17) is 10.8 Å². The SMILES string of the molecule is Nc1ccc(CC(=O)N2CCCC(CCC(=O)O)C2)nc1. The van der Waals surface area contributed by atoms with Crippen molar-refractivity contribution in [2.24, 2.45) is 5.92 Å². The van der Waals surface area contributed by atoms with Gasteiger partial charge in [0.25, 0.3) is 0 Å². The predicted octanol–water partition coefficient (Wildman–Crippen LogP) is 1.31. The standard InChI is InChI=1S/C15H21N3O3/c16-12-4-5-13(17-9-12)8-14(19)18-7-1-2-11(10-18)3-6-15(20)21/h4-5,9,11H,1-3,6-8,10,16H2,(H,20,21). The lowest BCUT2D eigenvalue weighted by atomic mass is 9.93. The molecule has 6 nitrogen and oxygen atoms in total. The molecule has 1 aliphatic rings. The molecular formula is C15H21N3O3. The molecule has 1 aliphatic heterocycles. The van der Waals surface area contributed by atoms with E-state index in [1.165, 1.54) is 0 Å². The van der Waals surface area contributed by atoms with Crippen LogP contribution < -0.4 is 5.73 Å². The smallest absolute Gasteiger partial charge is 0.303 e. The number of rotatable bonds is 5. The van der Waals surface area contributed by atoms with Crippen molar-refractivity contribution < 1.29 is 14.7 Å². The molecule has 0 bridgehead atoms. The molecule has 0 aliphatic carbocycles. The predicted molar refractivity (Wildman–Crippen MR) is 78.5 cm³/mol. The van der Waals surface area contributed by atoms with Gasteiger partial charge in [-0.25, -0.2) is 0 Å². The molecule has 0 aromatic carbocycles. The highest BCUT2D eigenvalue weighted by Gasteiger charge is 2.24. The molecule has 1 aromatic rings. The van der Waals surface area contributed by atoms with Gasteiger partial charge in [-0.1, -0.05) is 0 Å². The number of carbonyl (C=O) groups is 2. The quantitative estimate of drug-likeness (QED) is 0.852. The zero-order chi connectivity index (χ0) is 15.2. The van der Waals surface area contributed by atoms with Crippen LogP contribution in [-0.2, 0) is 16.0 Å². The highest BCUT2D eigenvalue weighted by molar-refractivity contribution is 5.78. The number of carboxylic acid groups (broad SMARTS) is 1. The largest absolute Gasteiger partial charge is 0.481 e. The number of hydrogen-bond acceptors (Lipinski definition) is 4. The average molecular weight is 291 g/mol. The minimum absolute atomic E-state index is 0.0484. The molecule has 114 valence electrons. The summed E-state index contributed by atoms with van der Waals surface area (Å²) in [5, 5.41) is 8.74. The maximum atomic E-state index is 12.3. The third kappa shape index (κ3) is 4.73. The van der Waals surface area contributed by atoms with Gasteiger partial charge in [0.2, 0.25) is 5.91 Å². The molecule has 0 saturated carbocycles. The Morgan fingerprint density at radius 1 is 1.43 bits per heavy atom. The van der Waals surface area contributed by atoms with Gasteiger partial charge < -0.3 is 15.7 Å². The van der Waals surface area contributed by atoms with Crippen molar-refractivity contribution in [3.05, 3.63) is 24.0 Å². The molecule has 0 radical (unpaired) electrons. The van der Waals surface area contributed by atoms with Gasteiger partial charge >= 0.3 is 5.97 Å². The van der Waals surface area contributed by atoms with E-state index in [2.05, 4.69) is 4.98 Å². The Morgan fingerprint density at radius 2 is 2.24 bits per heavy atom. The molecule has 21 heavy (non-hydrogen) atoms. The number of carbonyl (C=O) groups excluding carboxylic acids is 1. The van der Waals surface area contributed by atoms with Gasteiger partial charge in [0, 0.05) is 25.2 Å². The minimum Gasteiger partial charge on any atom is -0.481 e. The summed E-state index contributed by atoms with van der Waals surface area (Å²) in [6.07, 6.45) is 4.56. The molecule has 1 fully saturated rings. The second-order valence-corrected chi connectivity index (χ2v) is 5.54. The number of nitrogen functional groups attached to an aromatic ring is 1. The van der Waals surface area contributed by atoms with Crippen LogP contribution in [0.2, 0.25) is 0 Å². The summed E-state index contributed by atoms with van der Waals surface area (Å²) in [7, 11) is 0. The van der Waals surface area contributed by atoms with Crippen LogP contribution in [0.1, 0.15) is 31.4 Å². The number of nitrogens with zero attached hydrogens (tertiary/aromatic N) is 2. The van der Waals surface area contributed by atoms with Gasteiger partial charge in [-0.15, -0.1) is 0 Å². The van der Waals surface area contributed by atoms with Gasteiger partial charge in [0.15, 0.2) is 0 Å². The fourth-order valence-electron chi connectivity index (χ4n) is 2.66. The van der Waals surface area contributed by atoms with E-state index < -0.39 is 5.97 Å². The zero-order valence-corrected chi connectivity index (χ0v) is 12.0. The summed E-state index contributed by atoms with van der Waals surface area (Å²) in [6, 6.07) is 3.50. The van der Waals surface area contributed by atoms with Crippen LogP contribution in [0.4, 0.5) is 5.69 Å². The van der Waals surface area contributed by atoms with Gasteiger partial charge in [-0.05, 0) is 37.3 Å². The van der Waals surface area contributed by atoms with E-state index in [9.17, 15) is 9.59 Å². The van der Waals surface area contributed by atoms with E-state index in [0.717, 1.165) is 19.4 Å². The summed E-state index contributed by atoms with van der Waals surface area (Å²) in [6.45, 7) is 1.40. The van der Waals surface area contributed by atoms with E-state index in [0.29, 0.717) is 24.3 Å². The lowest BCUT2D eigenvalue weighted by Crippen LogP contribution is -2.40. The van der Waals surface area contributed by atoms with Crippen LogP contribution in [0.3, 0.4) is 0 Å². The number of nitrogens with two attached hydrogens (primary N) is 1. The number of aliphatic carboxylic acids is 1. The first kappa shape index (κ1) is 15.3. The summed E-state index contributed by atoms with van der Waals surface area (Å²) in [4.78, 5) is 28.9. The van der Waals surface area contributed by atoms with Crippen LogP contribution in [0, 0.1) is 5.92 Å². The normalized spacial score (nSPS) is 18.5. The molecule has 3 N–H and O–H groups in total. The third-order valence-electron chi connectivity index (χ3n) is 3.82. The maximum absolute atomic E-state index is 12.3. The molecule has 1 saturated heterocycles. The van der Waals surface area contributed by atoms with Crippen LogP contribution in [-0.4, -0.2) is 40.0 Å². The van der Waals surface area contributed by atoms with Crippen molar-refractivity contribution in [2.45, 2.75) is 32.1 Å². The van der Waals surface area contributed by atoms with Crippen LogP contribution >= 0.6 is 0 Å². The monoisotopic (exact) mass is 291 g/mol. The number of carboxylic acids is 1. The molecule has 2 heterocycles. The lowest BCUT2D eigenvalue weighted by Gasteiger charge is -2.32. The maximum Gasteiger partial charge on any atom is 0.303 e. The first-order valence-corrected chi connectivity index (χ1v) is 7.24. The van der Waals surface area contributed by atoms with Gasteiger partial charge in [0.1, 0.15) is 0 Å². The molecule has 1 amide bonds. The Kier molecular flexibility index (Phi) is 5.14. The molecule has 1 unspecified atom stereocenters. The molecular weight excluding hydrogens is 270 g/mol. The first-order valence-electron chi connectivity index (χ1n) is 7.24. The number of pyridine rings is 1. The Morgan fingerprint density at radius 3 is 2.90 bits per heavy atom. The number of piperidine rings is 1. The first-order chi connectivity index (χ1) is 10.0. The topological polar surface area (TPSA) is 96.5 Å². The van der Waals surface area contributed by atoms with Crippen LogP contribution in [0.15, 0.2) is 18.3 Å². The summed E-state index contributed by atoms with van der Waals surface area (Å²) in [5.41, 5.74) is 6.86. The highest BCUT2D eigenvalue weighted by Crippen LogP contribution is 2.21. The number of likely N-dealkylation sites (tertiary alicyclic amines) is 1. The van der Waals surface area contributed by atoms with Crippen LogP contribution in [0.25, 0.3) is 0 Å². The minimum atomic E-state index is -0.774. The van der Waals surface area contributed by atoms with Crippen molar-refractivity contribution >= 4 is 17.6 Å². The Hall–Kier alpha value is -2.11. The highest BCUT2D eigenvalue weighted by atomic mass is 16.4. The second kappa shape index (κ2) is 7.06. The molecule has 2 rings (SSSR count). The summed E-state index contributed by atoms with van der Waals surface area (Å²) in [5.74, 6) is -0.435. The Labute approximate surface area is 124 Å². The van der Waals surface area contributed by atoms with Crippen molar-refractivity contribution in [3.8, 4) is 0 Å². The summed E-state index contributed by atoms with van der Waals surface area (Å²) >= 11 is 0. The number of amides is 1. The van der Waals surface area contributed by atoms with Gasteiger partial charge in [0.05, 0.1) is 18.3 Å². The fraction of sp³-hybridized carbons (Fsp3) is 0.533.